The van der Waals surface area contributed by atoms with Gasteiger partial charge in [-0.1, -0.05) is 44.2 Å². The Hall–Kier alpha value is -1.68. The molecule has 2 rings (SSSR count). The molecule has 1 unspecified atom stereocenters. The molecule has 1 aromatic heterocycles. The number of nitrogens with zero attached hydrogens (tertiary/aromatic N) is 3. The molecule has 0 aliphatic heterocycles. The molecule has 2 aromatic rings. The lowest BCUT2D eigenvalue weighted by molar-refractivity contribution is 0.595. The van der Waals surface area contributed by atoms with Gasteiger partial charge in [0.25, 0.3) is 0 Å². The first-order chi connectivity index (χ1) is 9.06. The third-order valence-corrected chi connectivity index (χ3v) is 3.06. The van der Waals surface area contributed by atoms with E-state index in [1.54, 1.807) is 0 Å². The van der Waals surface area contributed by atoms with Crippen molar-refractivity contribution in [3.05, 3.63) is 47.5 Å². The maximum atomic E-state index is 6.25. The van der Waals surface area contributed by atoms with Crippen molar-refractivity contribution in [3.8, 4) is 0 Å². The largest absolute Gasteiger partial charge is 0.321 e. The molecule has 4 nitrogen and oxygen atoms in total. The van der Waals surface area contributed by atoms with Gasteiger partial charge in [0.2, 0.25) is 0 Å². The number of nitrogens with two attached hydrogens (primary N) is 1. The Morgan fingerprint density at radius 2 is 1.84 bits per heavy atom. The van der Waals surface area contributed by atoms with Crippen LogP contribution in [0.4, 0.5) is 0 Å². The zero-order valence-electron chi connectivity index (χ0n) is 11.9. The molecule has 19 heavy (non-hydrogen) atoms. The fourth-order valence-corrected chi connectivity index (χ4v) is 2.19. The number of hydrogen-bond donors (Lipinski definition) is 1. The molecule has 2 N–H and O–H groups in total. The van der Waals surface area contributed by atoms with Crippen LogP contribution in [0.2, 0.25) is 0 Å². The maximum Gasteiger partial charge on any atom is 0.151 e. The van der Waals surface area contributed by atoms with E-state index < -0.39 is 0 Å². The topological polar surface area (TPSA) is 56.7 Å². The van der Waals surface area contributed by atoms with E-state index in [-0.39, 0.29) is 6.04 Å². The highest BCUT2D eigenvalue weighted by molar-refractivity contribution is 5.17. The van der Waals surface area contributed by atoms with Crippen LogP contribution in [0.3, 0.4) is 0 Å². The Labute approximate surface area is 114 Å². The molecule has 0 radical (unpaired) electrons. The smallest absolute Gasteiger partial charge is 0.151 e. The summed E-state index contributed by atoms with van der Waals surface area (Å²) >= 11 is 0. The fraction of sp³-hybridized carbons (Fsp3) is 0.467. The van der Waals surface area contributed by atoms with Crippen molar-refractivity contribution in [2.45, 2.75) is 32.7 Å². The minimum atomic E-state index is -0.110. The molecule has 1 atom stereocenters. The number of hydrogen-bond acceptors (Lipinski definition) is 3. The number of aryl methyl sites for hydroxylation is 1. The van der Waals surface area contributed by atoms with Crippen molar-refractivity contribution in [1.29, 1.82) is 0 Å². The Kier molecular flexibility index (Phi) is 4.32. The van der Waals surface area contributed by atoms with E-state index in [1.165, 1.54) is 5.56 Å². The molecule has 0 saturated carbocycles. The Morgan fingerprint density at radius 3 is 2.47 bits per heavy atom. The van der Waals surface area contributed by atoms with Gasteiger partial charge in [0.1, 0.15) is 5.82 Å². The van der Waals surface area contributed by atoms with E-state index in [0.717, 1.165) is 24.5 Å². The summed E-state index contributed by atoms with van der Waals surface area (Å²) in [6.07, 6.45) is 1.68. The first-order valence-corrected chi connectivity index (χ1v) is 6.75. The van der Waals surface area contributed by atoms with Crippen molar-refractivity contribution in [3.63, 3.8) is 0 Å². The summed E-state index contributed by atoms with van der Waals surface area (Å²) in [5.74, 6) is 2.30. The van der Waals surface area contributed by atoms with Gasteiger partial charge in [0.05, 0.1) is 6.04 Å². The highest BCUT2D eigenvalue weighted by atomic mass is 15.3. The van der Waals surface area contributed by atoms with Gasteiger partial charge in [-0.2, -0.15) is 5.10 Å². The van der Waals surface area contributed by atoms with Crippen molar-refractivity contribution in [2.75, 3.05) is 0 Å². The van der Waals surface area contributed by atoms with Crippen LogP contribution >= 0.6 is 0 Å². The summed E-state index contributed by atoms with van der Waals surface area (Å²) < 4.78 is 1.81. The Morgan fingerprint density at radius 1 is 1.16 bits per heavy atom. The monoisotopic (exact) mass is 258 g/mol. The molecule has 0 spiro atoms. The second kappa shape index (κ2) is 5.97. The van der Waals surface area contributed by atoms with E-state index in [2.05, 4.69) is 36.1 Å². The van der Waals surface area contributed by atoms with Crippen molar-refractivity contribution < 1.29 is 0 Å². The Bertz CT molecular complexity index is 516. The minimum absolute atomic E-state index is 0.110. The number of aromatic nitrogens is 3. The molecule has 0 aliphatic rings. The average molecular weight is 258 g/mol. The van der Waals surface area contributed by atoms with Crippen molar-refractivity contribution >= 4 is 0 Å². The SMILES string of the molecule is CC(C)Cc1nc(C(N)Cc2ccccc2)n(C)n1. The van der Waals surface area contributed by atoms with Gasteiger partial charge >= 0.3 is 0 Å². The van der Waals surface area contributed by atoms with E-state index in [9.17, 15) is 0 Å². The fourth-order valence-electron chi connectivity index (χ4n) is 2.19. The zero-order chi connectivity index (χ0) is 13.8. The second-order valence-electron chi connectivity index (χ2n) is 5.40. The van der Waals surface area contributed by atoms with Crippen molar-refractivity contribution in [1.82, 2.24) is 14.8 Å². The van der Waals surface area contributed by atoms with Crippen LogP contribution in [0, 0.1) is 5.92 Å². The summed E-state index contributed by atoms with van der Waals surface area (Å²) in [5, 5.41) is 4.44. The molecule has 0 aliphatic carbocycles. The lowest BCUT2D eigenvalue weighted by atomic mass is 10.1. The molecular weight excluding hydrogens is 236 g/mol. The summed E-state index contributed by atoms with van der Waals surface area (Å²) in [5.41, 5.74) is 7.47. The van der Waals surface area contributed by atoms with E-state index in [0.29, 0.717) is 5.92 Å². The molecule has 1 aromatic carbocycles. The van der Waals surface area contributed by atoms with Gasteiger partial charge in [0.15, 0.2) is 5.82 Å². The van der Waals surface area contributed by atoms with Crippen LogP contribution in [0.1, 0.15) is 37.1 Å². The molecular formula is C15H22N4. The summed E-state index contributed by atoms with van der Waals surface area (Å²) in [4.78, 5) is 4.57. The lowest BCUT2D eigenvalue weighted by Crippen LogP contribution is -2.18. The predicted molar refractivity (Wildman–Crippen MR) is 76.6 cm³/mol. The summed E-state index contributed by atoms with van der Waals surface area (Å²) in [6, 6.07) is 10.1. The van der Waals surface area contributed by atoms with Crippen LogP contribution in [-0.2, 0) is 19.9 Å². The average Bonchev–Trinajstić information content (AvgIpc) is 2.70. The lowest BCUT2D eigenvalue weighted by Gasteiger charge is -2.10. The highest BCUT2D eigenvalue weighted by Crippen LogP contribution is 2.15. The zero-order valence-corrected chi connectivity index (χ0v) is 11.9. The standard InChI is InChI=1S/C15H22N4/c1-11(2)9-14-17-15(19(3)18-14)13(16)10-12-7-5-4-6-8-12/h4-8,11,13H,9-10,16H2,1-3H3. The van der Waals surface area contributed by atoms with Gasteiger partial charge in [-0.15, -0.1) is 0 Å². The van der Waals surface area contributed by atoms with Gasteiger partial charge in [-0.3, -0.25) is 4.68 Å². The van der Waals surface area contributed by atoms with Crippen LogP contribution < -0.4 is 5.73 Å². The molecule has 1 heterocycles. The van der Waals surface area contributed by atoms with Gasteiger partial charge < -0.3 is 5.73 Å². The molecule has 102 valence electrons. The van der Waals surface area contributed by atoms with Gasteiger partial charge in [-0.25, -0.2) is 4.98 Å². The van der Waals surface area contributed by atoms with Gasteiger partial charge in [0, 0.05) is 13.5 Å². The summed E-state index contributed by atoms with van der Waals surface area (Å²) in [7, 11) is 1.91. The Balaban J connectivity index is 2.10. The molecule has 0 bridgehead atoms. The quantitative estimate of drug-likeness (QED) is 0.895. The van der Waals surface area contributed by atoms with E-state index in [1.807, 2.05) is 29.9 Å². The van der Waals surface area contributed by atoms with Crippen LogP contribution in [0.15, 0.2) is 30.3 Å². The molecule has 0 amide bonds. The van der Waals surface area contributed by atoms with E-state index in [4.69, 9.17) is 5.73 Å². The van der Waals surface area contributed by atoms with Crippen molar-refractivity contribution in [2.24, 2.45) is 18.7 Å². The second-order valence-corrected chi connectivity index (χ2v) is 5.40. The minimum Gasteiger partial charge on any atom is -0.321 e. The first kappa shape index (κ1) is 13.7. The molecule has 0 saturated heterocycles. The summed E-state index contributed by atoms with van der Waals surface area (Å²) in [6.45, 7) is 4.33. The van der Waals surface area contributed by atoms with E-state index >= 15 is 0 Å². The maximum absolute atomic E-state index is 6.25. The third kappa shape index (κ3) is 3.64. The number of rotatable bonds is 5. The molecule has 0 fully saturated rings. The number of benzene rings is 1. The van der Waals surface area contributed by atoms with Crippen LogP contribution in [0.25, 0.3) is 0 Å². The van der Waals surface area contributed by atoms with Crippen LogP contribution in [-0.4, -0.2) is 14.8 Å². The van der Waals surface area contributed by atoms with Crippen LogP contribution in [0.5, 0.6) is 0 Å². The first-order valence-electron chi connectivity index (χ1n) is 6.75. The van der Waals surface area contributed by atoms with Gasteiger partial charge in [-0.05, 0) is 17.9 Å². The highest BCUT2D eigenvalue weighted by Gasteiger charge is 2.15. The third-order valence-electron chi connectivity index (χ3n) is 3.06. The normalized spacial score (nSPS) is 12.9. The molecule has 4 heteroatoms. The predicted octanol–water partition coefficient (Wildman–Crippen LogP) is 2.26.